The molecule has 1 aromatic heterocycles. The number of aromatic amines is 1. The van der Waals surface area contributed by atoms with Crippen LogP contribution in [-0.4, -0.2) is 26.4 Å². The van der Waals surface area contributed by atoms with E-state index in [4.69, 9.17) is 11.6 Å². The van der Waals surface area contributed by atoms with Crippen molar-refractivity contribution in [2.24, 2.45) is 0 Å². The zero-order chi connectivity index (χ0) is 17.6. The fourth-order valence-electron chi connectivity index (χ4n) is 2.14. The van der Waals surface area contributed by atoms with Gasteiger partial charge >= 0.3 is 0 Å². The van der Waals surface area contributed by atoms with Gasteiger partial charge in [-0.25, -0.2) is 0 Å². The molecule has 0 fully saturated rings. The quantitative estimate of drug-likeness (QED) is 0.541. The smallest absolute Gasteiger partial charge is 0.216 e. The van der Waals surface area contributed by atoms with Crippen molar-refractivity contribution < 1.29 is 4.79 Å². The number of carbonyl (C=O) groups is 1. The van der Waals surface area contributed by atoms with Crippen molar-refractivity contribution in [2.45, 2.75) is 0 Å². The minimum atomic E-state index is -0.161. The minimum Gasteiger partial charge on any atom is -0.360 e. The Kier molecular flexibility index (Phi) is 4.83. The van der Waals surface area contributed by atoms with Crippen molar-refractivity contribution in [1.29, 1.82) is 5.26 Å². The minimum absolute atomic E-state index is 0.161. The van der Waals surface area contributed by atoms with Gasteiger partial charge in [0.2, 0.25) is 5.82 Å². The van der Waals surface area contributed by atoms with Crippen molar-refractivity contribution >= 4 is 28.6 Å². The molecule has 0 radical (unpaired) electrons. The van der Waals surface area contributed by atoms with E-state index in [-0.39, 0.29) is 17.2 Å². The Morgan fingerprint density at radius 3 is 2.64 bits per heavy atom. The first-order valence-corrected chi connectivity index (χ1v) is 7.57. The van der Waals surface area contributed by atoms with Crippen LogP contribution in [0.1, 0.15) is 21.7 Å². The van der Waals surface area contributed by atoms with E-state index in [2.05, 4.69) is 25.9 Å². The number of nitrogens with one attached hydrogen (secondary N) is 2. The number of ketones is 1. The zero-order valence-corrected chi connectivity index (χ0v) is 13.5. The summed E-state index contributed by atoms with van der Waals surface area (Å²) in [6.45, 7) is 0. The number of rotatable bonds is 5. The van der Waals surface area contributed by atoms with Gasteiger partial charge in [0.25, 0.3) is 0 Å². The van der Waals surface area contributed by atoms with Crippen molar-refractivity contribution in [3.05, 3.63) is 76.7 Å². The van der Waals surface area contributed by atoms with Crippen LogP contribution in [0.3, 0.4) is 0 Å². The van der Waals surface area contributed by atoms with Crippen LogP contribution in [-0.2, 0) is 0 Å². The lowest BCUT2D eigenvalue weighted by Gasteiger charge is -2.09. The molecular weight excluding hydrogens is 340 g/mol. The molecule has 0 aliphatic carbocycles. The average molecular weight is 351 g/mol. The number of para-hydroxylation sites is 1. The summed E-state index contributed by atoms with van der Waals surface area (Å²) in [6, 6.07) is 15.6. The second kappa shape index (κ2) is 7.38. The number of hydrogen-bond acceptors (Lipinski definition) is 6. The summed E-state index contributed by atoms with van der Waals surface area (Å²) in [7, 11) is 0. The third kappa shape index (κ3) is 3.71. The van der Waals surface area contributed by atoms with Crippen LogP contribution in [0.5, 0.6) is 0 Å². The molecular formula is C17H11ClN6O. The monoisotopic (exact) mass is 350 g/mol. The van der Waals surface area contributed by atoms with E-state index in [9.17, 15) is 10.1 Å². The van der Waals surface area contributed by atoms with Gasteiger partial charge in [0, 0.05) is 28.0 Å². The molecule has 2 aromatic carbocycles. The highest BCUT2D eigenvalue weighted by Crippen LogP contribution is 2.21. The molecule has 0 spiro atoms. The number of tetrazole rings is 1. The van der Waals surface area contributed by atoms with E-state index in [0.29, 0.717) is 21.8 Å². The van der Waals surface area contributed by atoms with Gasteiger partial charge in [0.15, 0.2) is 5.78 Å². The third-order valence-electron chi connectivity index (χ3n) is 3.36. The van der Waals surface area contributed by atoms with Gasteiger partial charge < -0.3 is 5.32 Å². The van der Waals surface area contributed by atoms with Crippen LogP contribution in [0.25, 0.3) is 5.57 Å². The Balaban J connectivity index is 1.90. The van der Waals surface area contributed by atoms with E-state index in [0.717, 1.165) is 0 Å². The van der Waals surface area contributed by atoms with Gasteiger partial charge in [0.05, 0.1) is 0 Å². The van der Waals surface area contributed by atoms with E-state index in [1.807, 2.05) is 6.07 Å². The number of aromatic nitrogens is 4. The van der Waals surface area contributed by atoms with Gasteiger partial charge in [-0.15, -0.1) is 10.2 Å². The van der Waals surface area contributed by atoms with Crippen LogP contribution in [0.15, 0.2) is 54.7 Å². The van der Waals surface area contributed by atoms with Gasteiger partial charge in [-0.3, -0.25) is 4.79 Å². The number of anilines is 1. The molecule has 3 aromatic rings. The van der Waals surface area contributed by atoms with Crippen LogP contribution in [0.2, 0.25) is 5.02 Å². The summed E-state index contributed by atoms with van der Waals surface area (Å²) < 4.78 is 0. The molecule has 8 heteroatoms. The third-order valence-corrected chi connectivity index (χ3v) is 3.61. The summed E-state index contributed by atoms with van der Waals surface area (Å²) in [4.78, 5) is 12.7. The lowest BCUT2D eigenvalue weighted by atomic mass is 10.0. The van der Waals surface area contributed by atoms with Crippen molar-refractivity contribution in [2.75, 3.05) is 5.32 Å². The van der Waals surface area contributed by atoms with Crippen LogP contribution >= 0.6 is 11.6 Å². The highest BCUT2D eigenvalue weighted by molar-refractivity contribution is 6.30. The first-order valence-electron chi connectivity index (χ1n) is 7.19. The fraction of sp³-hybridized carbons (Fsp3) is 0. The molecule has 1 heterocycles. The molecule has 25 heavy (non-hydrogen) atoms. The summed E-state index contributed by atoms with van der Waals surface area (Å²) in [6.07, 6.45) is 1.43. The molecule has 0 amide bonds. The van der Waals surface area contributed by atoms with Crippen molar-refractivity contribution in [3.8, 4) is 6.07 Å². The lowest BCUT2D eigenvalue weighted by molar-refractivity contribution is 0.103. The largest absolute Gasteiger partial charge is 0.360 e. The maximum Gasteiger partial charge on any atom is 0.216 e. The molecule has 0 unspecified atom stereocenters. The van der Waals surface area contributed by atoms with Crippen molar-refractivity contribution in [3.63, 3.8) is 0 Å². The number of nitriles is 1. The second-order valence-electron chi connectivity index (χ2n) is 4.93. The van der Waals surface area contributed by atoms with E-state index in [1.54, 1.807) is 48.5 Å². The first-order chi connectivity index (χ1) is 12.2. The molecule has 0 aliphatic rings. The van der Waals surface area contributed by atoms with Crippen molar-refractivity contribution in [1.82, 2.24) is 20.6 Å². The van der Waals surface area contributed by atoms with Crippen LogP contribution in [0.4, 0.5) is 5.69 Å². The molecule has 0 atom stereocenters. The van der Waals surface area contributed by atoms with Gasteiger partial charge in [-0.2, -0.15) is 10.5 Å². The molecule has 0 saturated heterocycles. The number of H-pyrrole nitrogens is 1. The number of nitrogens with zero attached hydrogens (tertiary/aromatic N) is 4. The van der Waals surface area contributed by atoms with Gasteiger partial charge in [0.1, 0.15) is 11.6 Å². The van der Waals surface area contributed by atoms with E-state index in [1.165, 1.54) is 6.20 Å². The lowest BCUT2D eigenvalue weighted by Crippen LogP contribution is -2.05. The predicted octanol–water partition coefficient (Wildman–Crippen LogP) is 3.06. The molecule has 122 valence electrons. The Bertz CT molecular complexity index is 958. The summed E-state index contributed by atoms with van der Waals surface area (Å²) >= 11 is 5.86. The highest BCUT2D eigenvalue weighted by Gasteiger charge is 2.13. The Morgan fingerprint density at radius 1 is 1.20 bits per heavy atom. The summed E-state index contributed by atoms with van der Waals surface area (Å²) in [5, 5.41) is 25.9. The maximum atomic E-state index is 12.7. The maximum absolute atomic E-state index is 12.7. The standard InChI is InChI=1S/C17H11ClN6O/c18-13-7-5-11(6-8-13)16(25)14-3-1-2-4-15(14)20-10-12(9-19)17-21-23-24-22-17/h1-8,10,20H,(H,21,22,23,24). The van der Waals surface area contributed by atoms with Crippen LogP contribution in [0, 0.1) is 11.3 Å². The average Bonchev–Trinajstić information content (AvgIpc) is 3.17. The fourth-order valence-corrected chi connectivity index (χ4v) is 2.26. The van der Waals surface area contributed by atoms with Gasteiger partial charge in [-0.05, 0) is 41.6 Å². The number of benzene rings is 2. The van der Waals surface area contributed by atoms with Crippen LogP contribution < -0.4 is 5.32 Å². The number of carbonyl (C=O) groups excluding carboxylic acids is 1. The molecule has 2 N–H and O–H groups in total. The molecule has 0 aliphatic heterocycles. The molecule has 7 nitrogen and oxygen atoms in total. The van der Waals surface area contributed by atoms with E-state index >= 15 is 0 Å². The predicted molar refractivity (Wildman–Crippen MR) is 92.7 cm³/mol. The topological polar surface area (TPSA) is 107 Å². The highest BCUT2D eigenvalue weighted by atomic mass is 35.5. The Labute approximate surface area is 147 Å². The Hall–Kier alpha value is -3.50. The summed E-state index contributed by atoms with van der Waals surface area (Å²) in [5.74, 6) is 0.00254. The number of hydrogen-bond donors (Lipinski definition) is 2. The molecule has 0 bridgehead atoms. The summed E-state index contributed by atoms with van der Waals surface area (Å²) in [5.41, 5.74) is 1.72. The molecule has 3 rings (SSSR count). The number of halogens is 1. The van der Waals surface area contributed by atoms with Gasteiger partial charge in [-0.1, -0.05) is 23.7 Å². The van der Waals surface area contributed by atoms with E-state index < -0.39 is 0 Å². The zero-order valence-electron chi connectivity index (χ0n) is 12.8. The normalized spacial score (nSPS) is 11.0. The first kappa shape index (κ1) is 16.4. The second-order valence-corrected chi connectivity index (χ2v) is 5.37. The Morgan fingerprint density at radius 2 is 1.96 bits per heavy atom. The SMILES string of the molecule is N#CC(=CNc1ccccc1C(=O)c1ccc(Cl)cc1)c1nn[nH]n1. The molecule has 0 saturated carbocycles. The number of allylic oxidation sites excluding steroid dienone is 1.